The van der Waals surface area contributed by atoms with E-state index in [1.807, 2.05) is 38.1 Å². The first-order valence-electron chi connectivity index (χ1n) is 8.83. The molecule has 1 aromatic rings. The molecule has 26 heavy (non-hydrogen) atoms. The predicted octanol–water partition coefficient (Wildman–Crippen LogP) is 2.53. The number of rotatable bonds is 8. The summed E-state index contributed by atoms with van der Waals surface area (Å²) in [5.74, 6) is 1.03. The van der Waals surface area contributed by atoms with Crippen molar-refractivity contribution < 1.29 is 22.7 Å². The molecule has 144 valence electrons. The van der Waals surface area contributed by atoms with Gasteiger partial charge < -0.3 is 14.4 Å². The third-order valence-corrected chi connectivity index (χ3v) is 6.08. The van der Waals surface area contributed by atoms with Gasteiger partial charge in [0.2, 0.25) is 0 Å². The summed E-state index contributed by atoms with van der Waals surface area (Å²) in [7, 11) is -1.49. The summed E-state index contributed by atoms with van der Waals surface area (Å²) < 4.78 is 34.5. The molecule has 1 unspecified atom stereocenters. The van der Waals surface area contributed by atoms with E-state index in [2.05, 4.69) is 0 Å². The highest BCUT2D eigenvalue weighted by molar-refractivity contribution is 7.91. The molecule has 1 fully saturated rings. The summed E-state index contributed by atoms with van der Waals surface area (Å²) in [6.45, 7) is 4.28. The Bertz CT molecular complexity index is 757. The van der Waals surface area contributed by atoms with Crippen LogP contribution in [0.4, 0.5) is 0 Å². The van der Waals surface area contributed by atoms with E-state index in [0.29, 0.717) is 24.5 Å². The zero-order valence-electron chi connectivity index (χ0n) is 15.6. The zero-order chi connectivity index (χ0) is 19.2. The molecule has 7 heteroatoms. The SMILES string of the molecule is C/C=C/c1ccc(OCC(=O)N(CCC)C2CCS(=O)(=O)C2)c(OC)c1. The highest BCUT2D eigenvalue weighted by Crippen LogP contribution is 2.29. The van der Waals surface area contributed by atoms with Crippen LogP contribution in [0.1, 0.15) is 32.3 Å². The van der Waals surface area contributed by atoms with Crippen LogP contribution < -0.4 is 9.47 Å². The van der Waals surface area contributed by atoms with E-state index in [4.69, 9.17) is 9.47 Å². The predicted molar refractivity (Wildman–Crippen MR) is 102 cm³/mol. The molecule has 0 radical (unpaired) electrons. The average molecular weight is 381 g/mol. The van der Waals surface area contributed by atoms with Crippen LogP contribution in [0.3, 0.4) is 0 Å². The van der Waals surface area contributed by atoms with Crippen molar-refractivity contribution in [2.75, 3.05) is 31.8 Å². The second-order valence-corrected chi connectivity index (χ2v) is 8.57. The van der Waals surface area contributed by atoms with Gasteiger partial charge in [-0.15, -0.1) is 0 Å². The average Bonchev–Trinajstić information content (AvgIpc) is 2.97. The molecule has 1 amide bonds. The summed E-state index contributed by atoms with van der Waals surface area (Å²) >= 11 is 0. The highest BCUT2D eigenvalue weighted by atomic mass is 32.2. The Hall–Kier alpha value is -2.02. The second kappa shape index (κ2) is 9.07. The number of hydrogen-bond donors (Lipinski definition) is 0. The number of ether oxygens (including phenoxy) is 2. The largest absolute Gasteiger partial charge is 0.493 e. The molecule has 0 aliphatic carbocycles. The third-order valence-electron chi connectivity index (χ3n) is 4.33. The number of carbonyl (C=O) groups is 1. The lowest BCUT2D eigenvalue weighted by Crippen LogP contribution is -2.44. The molecule has 1 aliphatic rings. The van der Waals surface area contributed by atoms with Crippen LogP contribution in [-0.4, -0.2) is 57.0 Å². The third kappa shape index (κ3) is 5.24. The van der Waals surface area contributed by atoms with Crippen LogP contribution in [0, 0.1) is 0 Å². The van der Waals surface area contributed by atoms with Gasteiger partial charge in [0.25, 0.3) is 5.91 Å². The lowest BCUT2D eigenvalue weighted by atomic mass is 10.2. The maximum atomic E-state index is 12.6. The number of allylic oxidation sites excluding steroid dienone is 1. The fraction of sp³-hybridized carbons (Fsp3) is 0.526. The Morgan fingerprint density at radius 3 is 2.69 bits per heavy atom. The number of sulfone groups is 1. The Morgan fingerprint density at radius 2 is 2.12 bits per heavy atom. The van der Waals surface area contributed by atoms with Gasteiger partial charge >= 0.3 is 0 Å². The molecule has 0 spiro atoms. The number of carbonyl (C=O) groups excluding carboxylic acids is 1. The zero-order valence-corrected chi connectivity index (χ0v) is 16.4. The van der Waals surface area contributed by atoms with Crippen molar-refractivity contribution in [2.45, 2.75) is 32.7 Å². The second-order valence-electron chi connectivity index (χ2n) is 6.34. The van der Waals surface area contributed by atoms with Crippen molar-refractivity contribution in [3.8, 4) is 11.5 Å². The van der Waals surface area contributed by atoms with E-state index < -0.39 is 9.84 Å². The van der Waals surface area contributed by atoms with Crippen molar-refractivity contribution in [3.63, 3.8) is 0 Å². The van der Waals surface area contributed by atoms with Crippen molar-refractivity contribution in [1.29, 1.82) is 0 Å². The summed E-state index contributed by atoms with van der Waals surface area (Å²) in [4.78, 5) is 14.3. The summed E-state index contributed by atoms with van der Waals surface area (Å²) in [5.41, 5.74) is 0.979. The summed E-state index contributed by atoms with van der Waals surface area (Å²) in [5, 5.41) is 0. The topological polar surface area (TPSA) is 72.9 Å². The molecular weight excluding hydrogens is 354 g/mol. The van der Waals surface area contributed by atoms with Gasteiger partial charge in [0.15, 0.2) is 27.9 Å². The van der Waals surface area contributed by atoms with E-state index in [1.165, 1.54) is 0 Å². The van der Waals surface area contributed by atoms with Crippen molar-refractivity contribution >= 4 is 21.8 Å². The number of nitrogens with zero attached hydrogens (tertiary/aromatic N) is 1. The number of methoxy groups -OCH3 is 1. The van der Waals surface area contributed by atoms with Gasteiger partial charge in [0.05, 0.1) is 18.6 Å². The van der Waals surface area contributed by atoms with E-state index in [0.717, 1.165) is 12.0 Å². The van der Waals surface area contributed by atoms with E-state index in [1.54, 1.807) is 18.1 Å². The molecule has 2 rings (SSSR count). The minimum atomic E-state index is -3.04. The molecule has 0 aromatic heterocycles. The highest BCUT2D eigenvalue weighted by Gasteiger charge is 2.34. The Balaban J connectivity index is 2.06. The van der Waals surface area contributed by atoms with Crippen LogP contribution in [0.25, 0.3) is 6.08 Å². The standard InChI is InChI=1S/C19H27NO5S/c1-4-6-15-7-8-17(18(12-15)24-3)25-13-19(21)20(10-5-2)16-9-11-26(22,23)14-16/h4,6-8,12,16H,5,9-11,13-14H2,1-3H3/b6-4+. The van der Waals surface area contributed by atoms with E-state index in [-0.39, 0.29) is 30.1 Å². The van der Waals surface area contributed by atoms with E-state index >= 15 is 0 Å². The normalized spacial score (nSPS) is 18.8. The molecule has 0 N–H and O–H groups in total. The van der Waals surface area contributed by atoms with Gasteiger partial charge in [-0.25, -0.2) is 8.42 Å². The quantitative estimate of drug-likeness (QED) is 0.692. The fourth-order valence-corrected chi connectivity index (χ4v) is 4.83. The first-order valence-corrected chi connectivity index (χ1v) is 10.7. The van der Waals surface area contributed by atoms with Gasteiger partial charge in [-0.1, -0.05) is 25.1 Å². The molecule has 1 atom stereocenters. The molecule has 1 saturated heterocycles. The summed E-state index contributed by atoms with van der Waals surface area (Å²) in [6, 6.07) is 5.24. The van der Waals surface area contributed by atoms with Crippen molar-refractivity contribution in [2.24, 2.45) is 0 Å². The Labute approximate surface area is 155 Å². The molecule has 1 heterocycles. The lowest BCUT2D eigenvalue weighted by Gasteiger charge is -2.28. The van der Waals surface area contributed by atoms with Crippen molar-refractivity contribution in [3.05, 3.63) is 29.8 Å². The molecule has 1 aliphatic heterocycles. The number of benzene rings is 1. The smallest absolute Gasteiger partial charge is 0.260 e. The first-order chi connectivity index (χ1) is 12.4. The van der Waals surface area contributed by atoms with E-state index in [9.17, 15) is 13.2 Å². The van der Waals surface area contributed by atoms with Gasteiger partial charge in [0.1, 0.15) is 0 Å². The monoisotopic (exact) mass is 381 g/mol. The molecular formula is C19H27NO5S. The fourth-order valence-electron chi connectivity index (χ4n) is 3.09. The lowest BCUT2D eigenvalue weighted by molar-refractivity contribution is -0.135. The molecule has 0 saturated carbocycles. The van der Waals surface area contributed by atoms with Gasteiger partial charge in [-0.05, 0) is 37.5 Å². The molecule has 6 nitrogen and oxygen atoms in total. The maximum absolute atomic E-state index is 12.6. The van der Waals surface area contributed by atoms with Crippen LogP contribution in [0.2, 0.25) is 0 Å². The number of amides is 1. The van der Waals surface area contributed by atoms with Crippen LogP contribution in [-0.2, 0) is 14.6 Å². The van der Waals surface area contributed by atoms with Crippen LogP contribution in [0.5, 0.6) is 11.5 Å². The Kier molecular flexibility index (Phi) is 7.08. The molecule has 0 bridgehead atoms. The maximum Gasteiger partial charge on any atom is 0.260 e. The molecule has 1 aromatic carbocycles. The minimum absolute atomic E-state index is 0.0418. The van der Waals surface area contributed by atoms with Crippen molar-refractivity contribution in [1.82, 2.24) is 4.90 Å². The van der Waals surface area contributed by atoms with Crippen LogP contribution >= 0.6 is 0 Å². The first kappa shape index (κ1) is 20.3. The summed E-state index contributed by atoms with van der Waals surface area (Å²) in [6.07, 6.45) is 5.14. The number of hydrogen-bond acceptors (Lipinski definition) is 5. The minimum Gasteiger partial charge on any atom is -0.493 e. The Morgan fingerprint density at radius 1 is 1.35 bits per heavy atom. The van der Waals surface area contributed by atoms with Gasteiger partial charge in [-0.3, -0.25) is 4.79 Å². The van der Waals surface area contributed by atoms with Crippen LogP contribution in [0.15, 0.2) is 24.3 Å². The van der Waals surface area contributed by atoms with Gasteiger partial charge in [-0.2, -0.15) is 0 Å². The van der Waals surface area contributed by atoms with Gasteiger partial charge in [0, 0.05) is 12.6 Å².